The van der Waals surface area contributed by atoms with Gasteiger partial charge >= 0.3 is 0 Å². The molecule has 5 heteroatoms. The van der Waals surface area contributed by atoms with Gasteiger partial charge in [0.1, 0.15) is 5.76 Å². The molecule has 1 saturated heterocycles. The smallest absolute Gasteiger partial charge is 0.223 e. The molecular formula is C17H23NO2S2. The van der Waals surface area contributed by atoms with Crippen molar-refractivity contribution in [1.82, 2.24) is 5.32 Å². The monoisotopic (exact) mass is 337 g/mol. The molecule has 2 atom stereocenters. The van der Waals surface area contributed by atoms with E-state index in [1.54, 1.807) is 6.26 Å². The molecule has 120 valence electrons. The maximum atomic E-state index is 12.6. The van der Waals surface area contributed by atoms with Crippen LogP contribution in [0.4, 0.5) is 0 Å². The fraction of sp³-hybridized carbons (Fsp3) is 0.706. The lowest BCUT2D eigenvalue weighted by Gasteiger charge is -2.52. The number of thioether (sulfide) groups is 2. The Balaban J connectivity index is 1.41. The van der Waals surface area contributed by atoms with Crippen molar-refractivity contribution in [1.29, 1.82) is 0 Å². The minimum Gasteiger partial charge on any atom is -0.467 e. The van der Waals surface area contributed by atoms with Crippen molar-refractivity contribution in [3.05, 3.63) is 24.2 Å². The van der Waals surface area contributed by atoms with Crippen LogP contribution in [0.5, 0.6) is 0 Å². The molecule has 22 heavy (non-hydrogen) atoms. The molecule has 2 heterocycles. The van der Waals surface area contributed by atoms with Crippen molar-refractivity contribution in [3.8, 4) is 0 Å². The second-order valence-electron chi connectivity index (χ2n) is 6.71. The van der Waals surface area contributed by atoms with Gasteiger partial charge in [0, 0.05) is 17.4 Å². The van der Waals surface area contributed by atoms with E-state index >= 15 is 0 Å². The van der Waals surface area contributed by atoms with Crippen LogP contribution in [-0.4, -0.2) is 21.5 Å². The fourth-order valence-corrected chi connectivity index (χ4v) is 8.49. The second-order valence-corrected chi connectivity index (χ2v) is 9.71. The predicted octanol–water partition coefficient (Wildman–Crippen LogP) is 3.90. The Hall–Kier alpha value is -0.550. The molecule has 2 aliphatic carbocycles. The Bertz CT molecular complexity index is 509. The molecule has 2 bridgehead atoms. The van der Waals surface area contributed by atoms with Crippen molar-refractivity contribution in [2.75, 3.05) is 11.5 Å². The SMILES string of the molecule is O=C(NCc1ccco1)C1CC2CCCC(C1)C21SCCS1. The van der Waals surface area contributed by atoms with E-state index in [-0.39, 0.29) is 11.8 Å². The Kier molecular flexibility index (Phi) is 4.20. The third-order valence-electron chi connectivity index (χ3n) is 5.51. The van der Waals surface area contributed by atoms with Gasteiger partial charge in [0.25, 0.3) is 0 Å². The molecule has 1 aromatic rings. The van der Waals surface area contributed by atoms with Gasteiger partial charge in [-0.05, 0) is 49.7 Å². The first kappa shape index (κ1) is 15.0. The van der Waals surface area contributed by atoms with E-state index in [4.69, 9.17) is 4.42 Å². The molecule has 2 saturated carbocycles. The zero-order chi connectivity index (χ0) is 15.0. The number of amides is 1. The average molecular weight is 338 g/mol. The number of carbonyl (C=O) groups excluding carboxylic acids is 1. The van der Waals surface area contributed by atoms with Crippen LogP contribution in [0.1, 0.15) is 37.9 Å². The molecule has 1 aromatic heterocycles. The molecule has 1 spiro atoms. The summed E-state index contributed by atoms with van der Waals surface area (Å²) < 4.78 is 5.75. The second kappa shape index (κ2) is 6.16. The summed E-state index contributed by atoms with van der Waals surface area (Å²) in [4.78, 5) is 12.6. The van der Waals surface area contributed by atoms with Gasteiger partial charge in [-0.15, -0.1) is 23.5 Å². The molecule has 3 fully saturated rings. The van der Waals surface area contributed by atoms with Gasteiger partial charge in [-0.1, -0.05) is 6.42 Å². The van der Waals surface area contributed by atoms with Crippen LogP contribution in [0.15, 0.2) is 22.8 Å². The molecule has 2 unspecified atom stereocenters. The van der Waals surface area contributed by atoms with Crippen molar-refractivity contribution >= 4 is 29.4 Å². The lowest BCUT2D eigenvalue weighted by Crippen LogP contribution is -2.49. The molecular weight excluding hydrogens is 314 g/mol. The summed E-state index contributed by atoms with van der Waals surface area (Å²) in [6.45, 7) is 0.520. The number of rotatable bonds is 3. The van der Waals surface area contributed by atoms with Crippen LogP contribution < -0.4 is 5.32 Å². The number of nitrogens with one attached hydrogen (secondary N) is 1. The van der Waals surface area contributed by atoms with Crippen LogP contribution in [0.25, 0.3) is 0 Å². The zero-order valence-corrected chi connectivity index (χ0v) is 14.4. The van der Waals surface area contributed by atoms with Gasteiger partial charge in [-0.2, -0.15) is 0 Å². The van der Waals surface area contributed by atoms with E-state index < -0.39 is 0 Å². The van der Waals surface area contributed by atoms with E-state index in [1.165, 1.54) is 30.8 Å². The zero-order valence-electron chi connectivity index (χ0n) is 12.8. The minimum absolute atomic E-state index is 0.206. The Labute approximate surface area is 140 Å². The van der Waals surface area contributed by atoms with Crippen LogP contribution in [0.3, 0.4) is 0 Å². The summed E-state index contributed by atoms with van der Waals surface area (Å²) in [5.74, 6) is 5.34. The van der Waals surface area contributed by atoms with Crippen molar-refractivity contribution in [2.45, 2.75) is 42.7 Å². The van der Waals surface area contributed by atoms with Crippen LogP contribution >= 0.6 is 23.5 Å². The summed E-state index contributed by atoms with van der Waals surface area (Å²) in [5.41, 5.74) is 0. The molecule has 1 amide bonds. The summed E-state index contributed by atoms with van der Waals surface area (Å²) in [6, 6.07) is 3.78. The summed E-state index contributed by atoms with van der Waals surface area (Å²) in [6.07, 6.45) is 7.82. The topological polar surface area (TPSA) is 42.2 Å². The number of furan rings is 1. The maximum absolute atomic E-state index is 12.6. The van der Waals surface area contributed by atoms with Crippen molar-refractivity contribution in [3.63, 3.8) is 0 Å². The molecule has 3 aliphatic rings. The van der Waals surface area contributed by atoms with E-state index in [1.807, 2.05) is 12.1 Å². The van der Waals surface area contributed by atoms with E-state index in [0.29, 0.717) is 10.6 Å². The lowest BCUT2D eigenvalue weighted by molar-refractivity contribution is -0.127. The van der Waals surface area contributed by atoms with E-state index in [2.05, 4.69) is 28.8 Å². The highest BCUT2D eigenvalue weighted by molar-refractivity contribution is 8.21. The highest BCUT2D eigenvalue weighted by Crippen LogP contribution is 2.64. The highest BCUT2D eigenvalue weighted by Gasteiger charge is 2.55. The van der Waals surface area contributed by atoms with Gasteiger partial charge in [-0.3, -0.25) is 4.79 Å². The quantitative estimate of drug-likeness (QED) is 0.908. The highest BCUT2D eigenvalue weighted by atomic mass is 32.2. The number of carbonyl (C=O) groups is 1. The van der Waals surface area contributed by atoms with Crippen LogP contribution in [0, 0.1) is 17.8 Å². The van der Waals surface area contributed by atoms with Gasteiger partial charge in [0.2, 0.25) is 5.91 Å². The molecule has 4 rings (SSSR count). The van der Waals surface area contributed by atoms with Gasteiger partial charge < -0.3 is 9.73 Å². The third-order valence-corrected chi connectivity index (χ3v) is 9.53. The van der Waals surface area contributed by atoms with E-state index in [9.17, 15) is 4.79 Å². The Morgan fingerprint density at radius 2 is 2.00 bits per heavy atom. The van der Waals surface area contributed by atoms with E-state index in [0.717, 1.165) is 30.4 Å². The first-order chi connectivity index (χ1) is 10.8. The van der Waals surface area contributed by atoms with Gasteiger partial charge in [0.15, 0.2) is 0 Å². The normalized spacial score (nSPS) is 33.0. The lowest BCUT2D eigenvalue weighted by atomic mass is 9.67. The molecule has 0 radical (unpaired) electrons. The number of hydrogen-bond acceptors (Lipinski definition) is 4. The number of hydrogen-bond donors (Lipinski definition) is 1. The predicted molar refractivity (Wildman–Crippen MR) is 91.8 cm³/mol. The van der Waals surface area contributed by atoms with Crippen LogP contribution in [-0.2, 0) is 11.3 Å². The molecule has 0 aromatic carbocycles. The van der Waals surface area contributed by atoms with Gasteiger partial charge in [0.05, 0.1) is 16.9 Å². The first-order valence-corrected chi connectivity index (χ1v) is 10.3. The summed E-state index contributed by atoms with van der Waals surface area (Å²) in [7, 11) is 0. The van der Waals surface area contributed by atoms with Gasteiger partial charge in [-0.25, -0.2) is 0 Å². The maximum Gasteiger partial charge on any atom is 0.223 e. The Morgan fingerprint density at radius 3 is 2.64 bits per heavy atom. The summed E-state index contributed by atoms with van der Waals surface area (Å²) >= 11 is 4.40. The van der Waals surface area contributed by atoms with Crippen molar-refractivity contribution < 1.29 is 9.21 Å². The minimum atomic E-state index is 0.206. The largest absolute Gasteiger partial charge is 0.467 e. The molecule has 1 aliphatic heterocycles. The summed E-state index contributed by atoms with van der Waals surface area (Å²) in [5, 5.41) is 3.08. The standard InChI is InChI=1S/C17H23NO2S2/c19-16(18-11-15-5-2-6-20-15)12-9-13-3-1-4-14(10-12)17(13)21-7-8-22-17/h2,5-6,12-14H,1,3-4,7-11H2,(H,18,19). The molecule has 1 N–H and O–H groups in total. The van der Waals surface area contributed by atoms with Crippen LogP contribution in [0.2, 0.25) is 0 Å². The third kappa shape index (κ3) is 2.60. The molecule has 3 nitrogen and oxygen atoms in total. The average Bonchev–Trinajstić information content (AvgIpc) is 3.17. The fourth-order valence-electron chi connectivity index (χ4n) is 4.55. The first-order valence-electron chi connectivity index (χ1n) is 8.36. The Morgan fingerprint density at radius 1 is 1.27 bits per heavy atom. The van der Waals surface area contributed by atoms with Crippen molar-refractivity contribution in [2.24, 2.45) is 17.8 Å².